The van der Waals surface area contributed by atoms with Crippen molar-refractivity contribution in [3.05, 3.63) is 28.0 Å². The lowest BCUT2D eigenvalue weighted by atomic mass is 10.3. The highest BCUT2D eigenvalue weighted by Gasteiger charge is 2.29. The third-order valence-corrected chi connectivity index (χ3v) is 5.30. The Bertz CT molecular complexity index is 558. The van der Waals surface area contributed by atoms with E-state index in [9.17, 15) is 12.8 Å². The van der Waals surface area contributed by atoms with Crippen LogP contribution in [0.1, 0.15) is 0 Å². The van der Waals surface area contributed by atoms with Crippen LogP contribution in [0.2, 0.25) is 10.0 Å². The minimum atomic E-state index is -3.81. The molecule has 0 spiro atoms. The maximum Gasteiger partial charge on any atom is 0.244 e. The monoisotopic (exact) mass is 313 g/mol. The summed E-state index contributed by atoms with van der Waals surface area (Å²) in [6, 6.07) is 2.38. The number of nitrogens with zero attached hydrogens (tertiary/aromatic N) is 1. The van der Waals surface area contributed by atoms with Gasteiger partial charge in [-0.2, -0.15) is 4.31 Å². The van der Waals surface area contributed by atoms with Gasteiger partial charge in [0.05, 0.1) is 23.3 Å². The molecule has 0 radical (unpaired) electrons. The minimum Gasteiger partial charge on any atom is -0.379 e. The van der Waals surface area contributed by atoms with Crippen molar-refractivity contribution >= 4 is 33.2 Å². The van der Waals surface area contributed by atoms with Gasteiger partial charge in [-0.15, -0.1) is 0 Å². The third kappa shape index (κ3) is 2.48. The first kappa shape index (κ1) is 14.0. The second-order valence-electron chi connectivity index (χ2n) is 3.69. The Morgan fingerprint density at radius 3 is 2.44 bits per heavy atom. The van der Waals surface area contributed by atoms with Crippen LogP contribution in [0.3, 0.4) is 0 Å². The van der Waals surface area contributed by atoms with Gasteiger partial charge in [-0.3, -0.25) is 0 Å². The number of hydrogen-bond acceptors (Lipinski definition) is 3. The molecule has 1 heterocycles. The van der Waals surface area contributed by atoms with Crippen molar-refractivity contribution in [1.29, 1.82) is 0 Å². The minimum absolute atomic E-state index is 0.207. The molecule has 100 valence electrons. The van der Waals surface area contributed by atoms with Crippen LogP contribution in [-0.2, 0) is 14.8 Å². The molecule has 0 unspecified atom stereocenters. The van der Waals surface area contributed by atoms with E-state index in [0.29, 0.717) is 13.2 Å². The molecule has 1 aliphatic rings. The van der Waals surface area contributed by atoms with Crippen molar-refractivity contribution in [3.63, 3.8) is 0 Å². The van der Waals surface area contributed by atoms with Crippen LogP contribution in [0.15, 0.2) is 17.0 Å². The molecule has 0 aliphatic carbocycles. The summed E-state index contributed by atoms with van der Waals surface area (Å²) in [6.45, 7) is 1.08. The fourth-order valence-electron chi connectivity index (χ4n) is 1.63. The van der Waals surface area contributed by atoms with E-state index in [1.165, 1.54) is 16.4 Å². The first-order chi connectivity index (χ1) is 8.44. The van der Waals surface area contributed by atoms with E-state index in [0.717, 1.165) is 0 Å². The second-order valence-corrected chi connectivity index (χ2v) is 6.38. The summed E-state index contributed by atoms with van der Waals surface area (Å²) in [4.78, 5) is -0.270. The van der Waals surface area contributed by atoms with Crippen molar-refractivity contribution in [3.8, 4) is 0 Å². The van der Waals surface area contributed by atoms with E-state index in [-0.39, 0.29) is 23.0 Å². The van der Waals surface area contributed by atoms with Gasteiger partial charge in [0.1, 0.15) is 4.90 Å². The number of halogens is 3. The summed E-state index contributed by atoms with van der Waals surface area (Å²) in [6.07, 6.45) is 0. The van der Waals surface area contributed by atoms with E-state index < -0.39 is 20.9 Å². The summed E-state index contributed by atoms with van der Waals surface area (Å²) >= 11 is 11.2. The molecule has 0 N–H and O–H groups in total. The molecule has 0 bridgehead atoms. The highest BCUT2D eigenvalue weighted by atomic mass is 35.5. The Morgan fingerprint density at radius 1 is 1.22 bits per heavy atom. The van der Waals surface area contributed by atoms with Gasteiger partial charge in [0.2, 0.25) is 10.0 Å². The lowest BCUT2D eigenvalue weighted by molar-refractivity contribution is 0.0730. The summed E-state index contributed by atoms with van der Waals surface area (Å²) in [5, 5.41) is -0.685. The first-order valence-corrected chi connectivity index (χ1v) is 7.35. The van der Waals surface area contributed by atoms with Crippen LogP contribution in [0.4, 0.5) is 4.39 Å². The summed E-state index contributed by atoms with van der Waals surface area (Å²) in [5.74, 6) is -0.923. The Hall–Kier alpha value is -0.400. The molecule has 1 aromatic rings. The highest BCUT2D eigenvalue weighted by Crippen LogP contribution is 2.31. The Kier molecular flexibility index (Phi) is 4.13. The zero-order valence-corrected chi connectivity index (χ0v) is 11.5. The van der Waals surface area contributed by atoms with Crippen molar-refractivity contribution in [2.24, 2.45) is 0 Å². The number of sulfonamides is 1. The molecule has 1 saturated heterocycles. The van der Waals surface area contributed by atoms with Crippen molar-refractivity contribution in [2.75, 3.05) is 26.3 Å². The maximum absolute atomic E-state index is 13.5. The molecule has 1 aliphatic heterocycles. The number of benzene rings is 1. The number of hydrogen-bond donors (Lipinski definition) is 0. The summed E-state index contributed by atoms with van der Waals surface area (Å²) in [7, 11) is -3.81. The van der Waals surface area contributed by atoms with E-state index in [2.05, 4.69) is 0 Å². The molecule has 8 heteroatoms. The SMILES string of the molecule is O=S(=O)(c1ccc(Cl)c(F)c1Cl)N1CCOCC1. The quantitative estimate of drug-likeness (QED) is 0.786. The zero-order valence-electron chi connectivity index (χ0n) is 9.20. The second kappa shape index (κ2) is 5.30. The smallest absolute Gasteiger partial charge is 0.244 e. The van der Waals surface area contributed by atoms with Gasteiger partial charge in [0.15, 0.2) is 5.82 Å². The number of ether oxygens (including phenoxy) is 1. The van der Waals surface area contributed by atoms with E-state index in [1.807, 2.05) is 0 Å². The Morgan fingerprint density at radius 2 is 1.83 bits per heavy atom. The number of rotatable bonds is 2. The lowest BCUT2D eigenvalue weighted by Crippen LogP contribution is -2.40. The largest absolute Gasteiger partial charge is 0.379 e. The fourth-order valence-corrected chi connectivity index (χ4v) is 3.76. The first-order valence-electron chi connectivity index (χ1n) is 5.16. The average Bonchev–Trinajstić information content (AvgIpc) is 2.37. The molecule has 1 fully saturated rings. The molecular weight excluding hydrogens is 304 g/mol. The lowest BCUT2D eigenvalue weighted by Gasteiger charge is -2.26. The molecule has 18 heavy (non-hydrogen) atoms. The van der Waals surface area contributed by atoms with Gasteiger partial charge < -0.3 is 4.74 Å². The molecular formula is C10H10Cl2FNO3S. The van der Waals surface area contributed by atoms with Crippen LogP contribution in [0.5, 0.6) is 0 Å². The normalized spacial score (nSPS) is 17.9. The molecule has 0 amide bonds. The Balaban J connectivity index is 2.44. The van der Waals surface area contributed by atoms with Crippen LogP contribution in [0.25, 0.3) is 0 Å². The average molecular weight is 314 g/mol. The summed E-state index contributed by atoms with van der Waals surface area (Å²) < 4.78 is 44.3. The van der Waals surface area contributed by atoms with Gasteiger partial charge in [-0.25, -0.2) is 12.8 Å². The van der Waals surface area contributed by atoms with Gasteiger partial charge in [-0.05, 0) is 12.1 Å². The van der Waals surface area contributed by atoms with Crippen LogP contribution < -0.4 is 0 Å². The van der Waals surface area contributed by atoms with Crippen LogP contribution in [0, 0.1) is 5.82 Å². The van der Waals surface area contributed by atoms with E-state index >= 15 is 0 Å². The maximum atomic E-state index is 13.5. The standard InChI is InChI=1S/C10H10Cl2FNO3S/c11-7-1-2-8(9(12)10(7)13)18(15,16)14-3-5-17-6-4-14/h1-2H,3-6H2. The van der Waals surface area contributed by atoms with Crippen molar-refractivity contribution in [1.82, 2.24) is 4.31 Å². The number of morpholine rings is 1. The predicted molar refractivity (Wildman–Crippen MR) is 66.0 cm³/mol. The predicted octanol–water partition coefficient (Wildman–Crippen LogP) is 2.15. The van der Waals surface area contributed by atoms with E-state index in [1.54, 1.807) is 0 Å². The Labute approximate surface area is 114 Å². The summed E-state index contributed by atoms with van der Waals surface area (Å²) in [5.41, 5.74) is 0. The van der Waals surface area contributed by atoms with Crippen LogP contribution >= 0.6 is 23.2 Å². The molecule has 0 saturated carbocycles. The molecule has 0 aromatic heterocycles. The van der Waals surface area contributed by atoms with Gasteiger partial charge >= 0.3 is 0 Å². The third-order valence-electron chi connectivity index (χ3n) is 2.59. The van der Waals surface area contributed by atoms with Gasteiger partial charge in [0.25, 0.3) is 0 Å². The van der Waals surface area contributed by atoms with Gasteiger partial charge in [-0.1, -0.05) is 23.2 Å². The highest BCUT2D eigenvalue weighted by molar-refractivity contribution is 7.89. The molecule has 2 rings (SSSR count). The van der Waals surface area contributed by atoms with Crippen molar-refractivity contribution in [2.45, 2.75) is 4.90 Å². The molecule has 4 nitrogen and oxygen atoms in total. The molecule has 1 aromatic carbocycles. The van der Waals surface area contributed by atoms with E-state index in [4.69, 9.17) is 27.9 Å². The van der Waals surface area contributed by atoms with Crippen molar-refractivity contribution < 1.29 is 17.5 Å². The fraction of sp³-hybridized carbons (Fsp3) is 0.400. The molecule has 0 atom stereocenters. The topological polar surface area (TPSA) is 46.6 Å². The van der Waals surface area contributed by atoms with Gasteiger partial charge in [0, 0.05) is 13.1 Å². The zero-order chi connectivity index (χ0) is 13.3. The van der Waals surface area contributed by atoms with Crippen LogP contribution in [-0.4, -0.2) is 39.0 Å².